The van der Waals surface area contributed by atoms with Crippen LogP contribution in [0.5, 0.6) is 0 Å². The molecular formula is C13H15FN4O. The second kappa shape index (κ2) is 5.09. The maximum absolute atomic E-state index is 13.1. The Kier molecular flexibility index (Phi) is 3.50. The van der Waals surface area contributed by atoms with Gasteiger partial charge < -0.3 is 11.1 Å². The first-order valence-electron chi connectivity index (χ1n) is 5.90. The van der Waals surface area contributed by atoms with Crippen molar-refractivity contribution in [2.75, 3.05) is 11.1 Å². The summed E-state index contributed by atoms with van der Waals surface area (Å²) in [6.07, 6.45) is 2.27. The van der Waals surface area contributed by atoms with Crippen LogP contribution in [0.2, 0.25) is 0 Å². The minimum absolute atomic E-state index is 0.260. The number of benzene rings is 1. The minimum Gasteiger partial charge on any atom is -0.397 e. The second-order valence-corrected chi connectivity index (χ2v) is 4.20. The van der Waals surface area contributed by atoms with Crippen molar-refractivity contribution in [3.05, 3.63) is 41.5 Å². The fourth-order valence-electron chi connectivity index (χ4n) is 1.81. The molecule has 100 valence electrons. The van der Waals surface area contributed by atoms with E-state index in [9.17, 15) is 9.18 Å². The molecule has 5 nitrogen and oxygen atoms in total. The summed E-state index contributed by atoms with van der Waals surface area (Å²) < 4.78 is 14.7. The van der Waals surface area contributed by atoms with Crippen LogP contribution in [0.15, 0.2) is 24.4 Å². The maximum Gasteiger partial charge on any atom is 0.259 e. The summed E-state index contributed by atoms with van der Waals surface area (Å²) in [5.41, 5.74) is 7.42. The van der Waals surface area contributed by atoms with Gasteiger partial charge in [0.15, 0.2) is 0 Å². The van der Waals surface area contributed by atoms with E-state index in [0.29, 0.717) is 23.4 Å². The van der Waals surface area contributed by atoms with Crippen molar-refractivity contribution in [2.45, 2.75) is 13.3 Å². The Hall–Kier alpha value is -2.37. The lowest BCUT2D eigenvalue weighted by Gasteiger charge is -2.07. The molecule has 0 aliphatic carbocycles. The first-order valence-corrected chi connectivity index (χ1v) is 5.90. The number of anilines is 2. The predicted octanol–water partition coefficient (Wildman–Crippen LogP) is 1.96. The van der Waals surface area contributed by atoms with Crippen LogP contribution in [0.1, 0.15) is 23.0 Å². The summed E-state index contributed by atoms with van der Waals surface area (Å²) >= 11 is 0. The summed E-state index contributed by atoms with van der Waals surface area (Å²) in [4.78, 5) is 12.1. The standard InChI is InChI=1S/C13H15FN4O/c1-3-11-9(7-18(2)17-11)13(19)16-12-6-8(14)4-5-10(12)15/h4-7H,3,15H2,1-2H3,(H,16,19). The number of nitrogens with one attached hydrogen (secondary N) is 1. The first-order chi connectivity index (χ1) is 9.01. The van der Waals surface area contributed by atoms with Crippen LogP contribution in [0.3, 0.4) is 0 Å². The van der Waals surface area contributed by atoms with Crippen molar-refractivity contribution in [1.82, 2.24) is 9.78 Å². The van der Waals surface area contributed by atoms with Gasteiger partial charge >= 0.3 is 0 Å². The molecule has 0 spiro atoms. The molecule has 0 aliphatic heterocycles. The van der Waals surface area contributed by atoms with Gasteiger partial charge in [-0.3, -0.25) is 9.48 Å². The Balaban J connectivity index is 2.27. The van der Waals surface area contributed by atoms with Crippen molar-refractivity contribution in [3.8, 4) is 0 Å². The van der Waals surface area contributed by atoms with Gasteiger partial charge in [-0.25, -0.2) is 4.39 Å². The number of halogens is 1. The third-order valence-electron chi connectivity index (χ3n) is 2.75. The van der Waals surface area contributed by atoms with Crippen LogP contribution in [0.4, 0.5) is 15.8 Å². The van der Waals surface area contributed by atoms with Crippen LogP contribution in [0, 0.1) is 5.82 Å². The summed E-state index contributed by atoms with van der Waals surface area (Å²) in [7, 11) is 1.74. The highest BCUT2D eigenvalue weighted by atomic mass is 19.1. The molecule has 1 aromatic heterocycles. The topological polar surface area (TPSA) is 72.9 Å². The van der Waals surface area contributed by atoms with Crippen LogP contribution in [-0.2, 0) is 13.5 Å². The number of carbonyl (C=O) groups excluding carboxylic acids is 1. The molecule has 2 rings (SSSR count). The van der Waals surface area contributed by atoms with E-state index in [-0.39, 0.29) is 11.6 Å². The van der Waals surface area contributed by atoms with Gasteiger partial charge in [-0.1, -0.05) is 6.92 Å². The Morgan fingerprint density at radius 3 is 2.95 bits per heavy atom. The van der Waals surface area contributed by atoms with E-state index >= 15 is 0 Å². The highest BCUT2D eigenvalue weighted by molar-refractivity contribution is 6.06. The molecule has 2 aromatic rings. The summed E-state index contributed by atoms with van der Waals surface area (Å²) in [6.45, 7) is 1.91. The number of hydrogen-bond donors (Lipinski definition) is 2. The Labute approximate surface area is 110 Å². The number of hydrogen-bond acceptors (Lipinski definition) is 3. The molecule has 0 aliphatic rings. The molecule has 1 heterocycles. The normalized spacial score (nSPS) is 10.5. The fourth-order valence-corrected chi connectivity index (χ4v) is 1.81. The molecule has 0 unspecified atom stereocenters. The Morgan fingerprint density at radius 1 is 1.53 bits per heavy atom. The largest absolute Gasteiger partial charge is 0.397 e. The average molecular weight is 262 g/mol. The number of aryl methyl sites for hydroxylation is 2. The van der Waals surface area contributed by atoms with Crippen molar-refractivity contribution in [3.63, 3.8) is 0 Å². The molecule has 1 amide bonds. The van der Waals surface area contributed by atoms with Crippen LogP contribution < -0.4 is 11.1 Å². The Morgan fingerprint density at radius 2 is 2.26 bits per heavy atom. The molecular weight excluding hydrogens is 247 g/mol. The molecule has 0 fully saturated rings. The highest BCUT2D eigenvalue weighted by Gasteiger charge is 2.15. The van der Waals surface area contributed by atoms with Crippen molar-refractivity contribution >= 4 is 17.3 Å². The van der Waals surface area contributed by atoms with Crippen LogP contribution >= 0.6 is 0 Å². The molecule has 0 radical (unpaired) electrons. The quantitative estimate of drug-likeness (QED) is 0.830. The van der Waals surface area contributed by atoms with E-state index in [1.165, 1.54) is 18.2 Å². The molecule has 3 N–H and O–H groups in total. The smallest absolute Gasteiger partial charge is 0.259 e. The summed E-state index contributed by atoms with van der Waals surface area (Å²) in [5.74, 6) is -0.798. The van der Waals surface area contributed by atoms with E-state index in [4.69, 9.17) is 5.73 Å². The number of nitrogens with zero attached hydrogens (tertiary/aromatic N) is 2. The van der Waals surface area contributed by atoms with Gasteiger partial charge in [0.05, 0.1) is 22.6 Å². The number of carbonyl (C=O) groups is 1. The number of nitrogen functional groups attached to an aromatic ring is 1. The van der Waals surface area contributed by atoms with E-state index in [0.717, 1.165) is 0 Å². The highest BCUT2D eigenvalue weighted by Crippen LogP contribution is 2.20. The maximum atomic E-state index is 13.1. The zero-order chi connectivity index (χ0) is 14.0. The van der Waals surface area contributed by atoms with Gasteiger partial charge in [-0.05, 0) is 24.6 Å². The molecule has 6 heteroatoms. The van der Waals surface area contributed by atoms with Gasteiger partial charge in [0, 0.05) is 13.2 Å². The van der Waals surface area contributed by atoms with Crippen LogP contribution in [0.25, 0.3) is 0 Å². The first kappa shape index (κ1) is 13.1. The lowest BCUT2D eigenvalue weighted by Crippen LogP contribution is -2.14. The SMILES string of the molecule is CCc1nn(C)cc1C(=O)Nc1cc(F)ccc1N. The van der Waals surface area contributed by atoms with Gasteiger partial charge in [0.1, 0.15) is 5.82 Å². The number of amides is 1. The number of aromatic nitrogens is 2. The monoisotopic (exact) mass is 262 g/mol. The zero-order valence-corrected chi connectivity index (χ0v) is 10.8. The zero-order valence-electron chi connectivity index (χ0n) is 10.8. The lowest BCUT2D eigenvalue weighted by atomic mass is 10.2. The van der Waals surface area contributed by atoms with Crippen LogP contribution in [-0.4, -0.2) is 15.7 Å². The van der Waals surface area contributed by atoms with E-state index in [2.05, 4.69) is 10.4 Å². The van der Waals surface area contributed by atoms with Gasteiger partial charge in [-0.15, -0.1) is 0 Å². The Bertz CT molecular complexity index is 621. The number of nitrogens with two attached hydrogens (primary N) is 1. The van der Waals surface area contributed by atoms with E-state index in [1.54, 1.807) is 17.9 Å². The van der Waals surface area contributed by atoms with E-state index in [1.807, 2.05) is 6.92 Å². The molecule has 19 heavy (non-hydrogen) atoms. The van der Waals surface area contributed by atoms with Gasteiger partial charge in [-0.2, -0.15) is 5.10 Å². The average Bonchev–Trinajstić information content (AvgIpc) is 2.75. The molecule has 0 saturated carbocycles. The van der Waals surface area contributed by atoms with Crippen molar-refractivity contribution in [2.24, 2.45) is 7.05 Å². The summed E-state index contributed by atoms with van der Waals surface area (Å²) in [5, 5.41) is 6.78. The molecule has 0 saturated heterocycles. The van der Waals surface area contributed by atoms with Gasteiger partial charge in [0.25, 0.3) is 5.91 Å². The van der Waals surface area contributed by atoms with Gasteiger partial charge in [0.2, 0.25) is 0 Å². The van der Waals surface area contributed by atoms with Crippen molar-refractivity contribution in [1.29, 1.82) is 0 Å². The summed E-state index contributed by atoms with van der Waals surface area (Å²) in [6, 6.07) is 3.84. The fraction of sp³-hybridized carbons (Fsp3) is 0.231. The molecule has 1 aromatic carbocycles. The lowest BCUT2D eigenvalue weighted by molar-refractivity contribution is 0.102. The minimum atomic E-state index is -0.452. The van der Waals surface area contributed by atoms with Crippen molar-refractivity contribution < 1.29 is 9.18 Å². The second-order valence-electron chi connectivity index (χ2n) is 4.20. The van der Waals surface area contributed by atoms with E-state index < -0.39 is 5.82 Å². The third kappa shape index (κ3) is 2.73. The predicted molar refractivity (Wildman–Crippen MR) is 71.4 cm³/mol. The molecule has 0 atom stereocenters. The molecule has 0 bridgehead atoms. The number of rotatable bonds is 3. The third-order valence-corrected chi connectivity index (χ3v) is 2.75.